The number of halogens is 2. The molecule has 0 radical (unpaired) electrons. The van der Waals surface area contributed by atoms with Crippen molar-refractivity contribution in [2.24, 2.45) is 0 Å². The van der Waals surface area contributed by atoms with Crippen LogP contribution in [0.25, 0.3) is 0 Å². The Morgan fingerprint density at radius 3 is 2.67 bits per heavy atom. The van der Waals surface area contributed by atoms with E-state index in [1.807, 2.05) is 14.1 Å². The van der Waals surface area contributed by atoms with Crippen molar-refractivity contribution in [2.45, 2.75) is 18.3 Å². The standard InChI is InChI=1S/C17H20F2N4O3S/c1-22(2)16-5-6-17(21-20-16)26-14-7-8-23(10-14)27(24,25)11-12-9-13(18)3-4-15(12)19/h3-6,9,14H,7-8,10-11H2,1-2H3. The number of ether oxygens (including phenoxy) is 1. The molecule has 1 aromatic carbocycles. The van der Waals surface area contributed by atoms with Crippen LogP contribution in [-0.2, 0) is 15.8 Å². The van der Waals surface area contributed by atoms with Crippen LogP contribution in [0.2, 0.25) is 0 Å². The molecule has 27 heavy (non-hydrogen) atoms. The summed E-state index contributed by atoms with van der Waals surface area (Å²) in [5, 5.41) is 7.97. The lowest BCUT2D eigenvalue weighted by Gasteiger charge is -2.17. The fourth-order valence-corrected chi connectivity index (χ4v) is 4.35. The third-order valence-electron chi connectivity index (χ3n) is 4.22. The Kier molecular flexibility index (Phi) is 5.56. The van der Waals surface area contributed by atoms with Gasteiger partial charge in [-0.2, -0.15) is 4.31 Å². The van der Waals surface area contributed by atoms with Crippen molar-refractivity contribution in [2.75, 3.05) is 32.1 Å². The minimum atomic E-state index is -3.79. The Morgan fingerprint density at radius 1 is 1.22 bits per heavy atom. The maximum Gasteiger partial charge on any atom is 0.233 e. The van der Waals surface area contributed by atoms with Gasteiger partial charge in [-0.3, -0.25) is 0 Å². The van der Waals surface area contributed by atoms with E-state index in [0.29, 0.717) is 18.1 Å². The third kappa shape index (κ3) is 4.69. The summed E-state index contributed by atoms with van der Waals surface area (Å²) in [7, 11) is -0.114. The molecule has 0 bridgehead atoms. The first kappa shape index (κ1) is 19.4. The minimum absolute atomic E-state index is 0.121. The minimum Gasteiger partial charge on any atom is -0.472 e. The van der Waals surface area contributed by atoms with Crippen molar-refractivity contribution in [3.8, 4) is 5.88 Å². The molecule has 1 aliphatic heterocycles. The molecule has 0 N–H and O–H groups in total. The molecule has 1 aromatic heterocycles. The zero-order chi connectivity index (χ0) is 19.6. The molecule has 1 aliphatic rings. The van der Waals surface area contributed by atoms with Gasteiger partial charge >= 0.3 is 0 Å². The molecule has 3 rings (SSSR count). The molecule has 7 nitrogen and oxygen atoms in total. The Bertz CT molecular complexity index is 907. The van der Waals surface area contributed by atoms with Gasteiger partial charge in [-0.15, -0.1) is 10.2 Å². The molecule has 1 saturated heterocycles. The summed E-state index contributed by atoms with van der Waals surface area (Å²) in [6.45, 7) is 0.365. The molecular weight excluding hydrogens is 378 g/mol. The molecule has 1 atom stereocenters. The average molecular weight is 398 g/mol. The fraction of sp³-hybridized carbons (Fsp3) is 0.412. The number of hydrogen-bond donors (Lipinski definition) is 0. The van der Waals surface area contributed by atoms with Crippen LogP contribution in [0.15, 0.2) is 30.3 Å². The predicted octanol–water partition coefficient (Wildman–Crippen LogP) is 1.80. The van der Waals surface area contributed by atoms with Gasteiger partial charge in [-0.05, 0) is 30.7 Å². The predicted molar refractivity (Wildman–Crippen MR) is 95.9 cm³/mol. The van der Waals surface area contributed by atoms with E-state index in [1.54, 1.807) is 17.0 Å². The maximum atomic E-state index is 13.7. The molecule has 1 fully saturated rings. The summed E-state index contributed by atoms with van der Waals surface area (Å²) < 4.78 is 59.0. The monoisotopic (exact) mass is 398 g/mol. The summed E-state index contributed by atoms with van der Waals surface area (Å²) in [6.07, 6.45) is 0.0961. The lowest BCUT2D eigenvalue weighted by Crippen LogP contribution is -2.32. The highest BCUT2D eigenvalue weighted by atomic mass is 32.2. The quantitative estimate of drug-likeness (QED) is 0.739. The van der Waals surface area contributed by atoms with Crippen LogP contribution in [0.5, 0.6) is 5.88 Å². The molecule has 2 heterocycles. The SMILES string of the molecule is CN(C)c1ccc(OC2CCN(S(=O)(=O)Cc3cc(F)ccc3F)C2)nn1. The Morgan fingerprint density at radius 2 is 2.00 bits per heavy atom. The molecule has 0 spiro atoms. The summed E-state index contributed by atoms with van der Waals surface area (Å²) >= 11 is 0. The molecule has 2 aromatic rings. The van der Waals surface area contributed by atoms with E-state index in [0.717, 1.165) is 18.2 Å². The lowest BCUT2D eigenvalue weighted by atomic mass is 10.2. The van der Waals surface area contributed by atoms with Gasteiger partial charge in [0.1, 0.15) is 17.7 Å². The highest BCUT2D eigenvalue weighted by Crippen LogP contribution is 2.22. The fourth-order valence-electron chi connectivity index (χ4n) is 2.77. The third-order valence-corrected chi connectivity index (χ3v) is 6.01. The van der Waals surface area contributed by atoms with Crippen LogP contribution in [-0.4, -0.2) is 56.2 Å². The van der Waals surface area contributed by atoms with Gasteiger partial charge in [0.05, 0.1) is 12.3 Å². The number of benzene rings is 1. The van der Waals surface area contributed by atoms with E-state index in [-0.39, 0.29) is 24.8 Å². The van der Waals surface area contributed by atoms with Gasteiger partial charge in [0.15, 0.2) is 5.82 Å². The van der Waals surface area contributed by atoms with Crippen molar-refractivity contribution in [3.63, 3.8) is 0 Å². The number of aromatic nitrogens is 2. The molecule has 0 aliphatic carbocycles. The molecular formula is C17H20F2N4O3S. The van der Waals surface area contributed by atoms with Crippen LogP contribution in [0.3, 0.4) is 0 Å². The summed E-state index contributed by atoms with van der Waals surface area (Å²) in [4.78, 5) is 1.80. The van der Waals surface area contributed by atoms with Crippen LogP contribution in [0.1, 0.15) is 12.0 Å². The number of sulfonamides is 1. The van der Waals surface area contributed by atoms with Gasteiger partial charge in [0, 0.05) is 32.3 Å². The molecule has 146 valence electrons. The van der Waals surface area contributed by atoms with Gasteiger partial charge < -0.3 is 9.64 Å². The van der Waals surface area contributed by atoms with Gasteiger partial charge in [-0.1, -0.05) is 0 Å². The first-order chi connectivity index (χ1) is 12.7. The van der Waals surface area contributed by atoms with Gasteiger partial charge in [0.25, 0.3) is 0 Å². The molecule has 10 heteroatoms. The molecule has 1 unspecified atom stereocenters. The van der Waals surface area contributed by atoms with Crippen LogP contribution in [0, 0.1) is 11.6 Å². The van der Waals surface area contributed by atoms with E-state index in [1.165, 1.54) is 4.31 Å². The summed E-state index contributed by atoms with van der Waals surface area (Å²) in [6, 6.07) is 6.19. The number of hydrogen-bond acceptors (Lipinski definition) is 6. The highest BCUT2D eigenvalue weighted by Gasteiger charge is 2.33. The second-order valence-corrected chi connectivity index (χ2v) is 8.47. The zero-order valence-corrected chi connectivity index (χ0v) is 15.8. The first-order valence-corrected chi connectivity index (χ1v) is 9.95. The van der Waals surface area contributed by atoms with Crippen molar-refractivity contribution < 1.29 is 21.9 Å². The summed E-state index contributed by atoms with van der Waals surface area (Å²) in [5.74, 6) is -1.04. The zero-order valence-electron chi connectivity index (χ0n) is 15.0. The maximum absolute atomic E-state index is 13.7. The van der Waals surface area contributed by atoms with E-state index in [9.17, 15) is 17.2 Å². The lowest BCUT2D eigenvalue weighted by molar-refractivity contribution is 0.204. The summed E-state index contributed by atoms with van der Waals surface area (Å²) in [5.41, 5.74) is -0.190. The number of rotatable bonds is 6. The second kappa shape index (κ2) is 7.73. The van der Waals surface area contributed by atoms with Crippen molar-refractivity contribution in [1.82, 2.24) is 14.5 Å². The van der Waals surface area contributed by atoms with Crippen LogP contribution in [0.4, 0.5) is 14.6 Å². The van der Waals surface area contributed by atoms with E-state index in [4.69, 9.17) is 4.74 Å². The Hall–Kier alpha value is -2.33. The molecule has 0 amide bonds. The number of nitrogens with zero attached hydrogens (tertiary/aromatic N) is 4. The van der Waals surface area contributed by atoms with E-state index >= 15 is 0 Å². The first-order valence-electron chi connectivity index (χ1n) is 8.34. The van der Waals surface area contributed by atoms with E-state index < -0.39 is 27.4 Å². The van der Waals surface area contributed by atoms with Crippen molar-refractivity contribution >= 4 is 15.8 Å². The Labute approximate surface area is 156 Å². The average Bonchev–Trinajstić information content (AvgIpc) is 3.08. The normalized spacial score (nSPS) is 17.9. The van der Waals surface area contributed by atoms with Gasteiger partial charge in [0.2, 0.25) is 15.9 Å². The number of anilines is 1. The second-order valence-electron chi connectivity index (χ2n) is 6.50. The van der Waals surface area contributed by atoms with Crippen LogP contribution >= 0.6 is 0 Å². The largest absolute Gasteiger partial charge is 0.472 e. The van der Waals surface area contributed by atoms with Gasteiger partial charge in [-0.25, -0.2) is 17.2 Å². The van der Waals surface area contributed by atoms with Crippen molar-refractivity contribution in [3.05, 3.63) is 47.5 Å². The van der Waals surface area contributed by atoms with Crippen LogP contribution < -0.4 is 9.64 Å². The topological polar surface area (TPSA) is 75.6 Å². The Balaban J connectivity index is 1.63. The van der Waals surface area contributed by atoms with Crippen molar-refractivity contribution in [1.29, 1.82) is 0 Å². The molecule has 0 saturated carbocycles. The van der Waals surface area contributed by atoms with E-state index in [2.05, 4.69) is 10.2 Å². The smallest absolute Gasteiger partial charge is 0.233 e. The highest BCUT2D eigenvalue weighted by molar-refractivity contribution is 7.88.